The number of hydrogen-bond acceptors (Lipinski definition) is 1. The molecule has 21 heavy (non-hydrogen) atoms. The molecule has 0 aromatic heterocycles. The number of alkyl halides is 3. The molecule has 0 saturated carbocycles. The van der Waals surface area contributed by atoms with Gasteiger partial charge in [-0.05, 0) is 30.9 Å². The van der Waals surface area contributed by atoms with E-state index < -0.39 is 6.18 Å². The van der Waals surface area contributed by atoms with E-state index in [0.717, 1.165) is 37.5 Å². The second-order valence-electron chi connectivity index (χ2n) is 5.48. The fourth-order valence-electron chi connectivity index (χ4n) is 2.86. The summed E-state index contributed by atoms with van der Waals surface area (Å²) < 4.78 is 36.8. The first kappa shape index (κ1) is 15.8. The van der Waals surface area contributed by atoms with Crippen LogP contribution in [0.5, 0.6) is 0 Å². The van der Waals surface area contributed by atoms with Gasteiger partial charge in [-0.3, -0.25) is 0 Å². The van der Waals surface area contributed by atoms with E-state index in [1.807, 2.05) is 12.1 Å². The van der Waals surface area contributed by atoms with Crippen LogP contribution in [-0.4, -0.2) is 19.3 Å². The molecular weight excluding hydrogens is 275 g/mol. The topological polar surface area (TPSA) is 3.24 Å². The van der Waals surface area contributed by atoms with Crippen LogP contribution in [0.4, 0.5) is 18.9 Å². The molecule has 0 spiro atoms. The zero-order chi connectivity index (χ0) is 15.3. The van der Waals surface area contributed by atoms with Crippen molar-refractivity contribution in [1.82, 2.24) is 0 Å². The molecule has 1 nitrogen and oxygen atoms in total. The summed E-state index contributed by atoms with van der Waals surface area (Å²) in [7, 11) is 0. The molecule has 1 heterocycles. The lowest BCUT2D eigenvalue weighted by atomic mass is 9.92. The Labute approximate surface area is 124 Å². The number of nitrogens with zero attached hydrogens (tertiary/aromatic N) is 1. The Hall–Kier alpha value is -1.63. The Kier molecular flexibility index (Phi) is 5.17. The van der Waals surface area contributed by atoms with Gasteiger partial charge in [0.25, 0.3) is 0 Å². The van der Waals surface area contributed by atoms with Crippen LogP contribution in [0.2, 0.25) is 0 Å². The van der Waals surface area contributed by atoms with Crippen molar-refractivity contribution in [2.45, 2.75) is 38.8 Å². The summed E-state index contributed by atoms with van der Waals surface area (Å²) in [5, 5.41) is 0. The molecule has 1 aliphatic rings. The Bertz CT molecular complexity index is 517. The van der Waals surface area contributed by atoms with Crippen LogP contribution in [0, 0.1) is 17.8 Å². The predicted octanol–water partition coefficient (Wildman–Crippen LogP) is 4.62. The van der Waals surface area contributed by atoms with Gasteiger partial charge < -0.3 is 4.90 Å². The number of para-hydroxylation sites is 1. The van der Waals surface area contributed by atoms with Crippen molar-refractivity contribution in [2.75, 3.05) is 18.0 Å². The molecule has 0 amide bonds. The molecule has 4 heteroatoms. The predicted molar refractivity (Wildman–Crippen MR) is 79.2 cm³/mol. The molecule has 1 aliphatic heterocycles. The van der Waals surface area contributed by atoms with E-state index in [-0.39, 0.29) is 0 Å². The maximum atomic E-state index is 12.3. The van der Waals surface area contributed by atoms with Crippen molar-refractivity contribution < 1.29 is 13.2 Å². The third-order valence-corrected chi connectivity index (χ3v) is 3.90. The first-order valence-electron chi connectivity index (χ1n) is 7.43. The van der Waals surface area contributed by atoms with Crippen LogP contribution in [0.3, 0.4) is 0 Å². The van der Waals surface area contributed by atoms with Gasteiger partial charge in [0, 0.05) is 24.6 Å². The fourth-order valence-corrected chi connectivity index (χ4v) is 2.86. The minimum absolute atomic E-state index is 0.462. The fraction of sp³-hybridized carbons (Fsp3) is 0.529. The number of hydrogen-bond donors (Lipinski definition) is 0. The maximum Gasteiger partial charge on any atom is 0.458 e. The maximum absolute atomic E-state index is 12.3. The lowest BCUT2D eigenvalue weighted by Crippen LogP contribution is -2.34. The van der Waals surface area contributed by atoms with Crippen molar-refractivity contribution in [3.05, 3.63) is 29.8 Å². The second-order valence-corrected chi connectivity index (χ2v) is 5.48. The first-order chi connectivity index (χ1) is 9.99. The number of benzene rings is 1. The highest BCUT2D eigenvalue weighted by molar-refractivity contribution is 5.61. The average Bonchev–Trinajstić information content (AvgIpc) is 2.46. The van der Waals surface area contributed by atoms with Crippen molar-refractivity contribution in [3.8, 4) is 11.8 Å². The normalized spacial score (nSPS) is 16.5. The largest absolute Gasteiger partial charge is 0.458 e. The van der Waals surface area contributed by atoms with Crippen molar-refractivity contribution in [3.63, 3.8) is 0 Å². The Balaban J connectivity index is 2.12. The number of rotatable bonds is 3. The Morgan fingerprint density at radius 2 is 1.86 bits per heavy atom. The third-order valence-electron chi connectivity index (χ3n) is 3.90. The molecule has 0 atom stereocenters. The monoisotopic (exact) mass is 295 g/mol. The standard InChI is InChI=1S/C17H20F3N/c1-2-5-14-9-12-21(13-10-14)16-7-4-3-6-15(16)8-11-17(18,19)20/h3-4,6-7,14H,2,5,9-10,12-13H2,1H3. The zero-order valence-electron chi connectivity index (χ0n) is 12.2. The first-order valence-corrected chi connectivity index (χ1v) is 7.43. The molecule has 1 aromatic carbocycles. The van der Waals surface area contributed by atoms with E-state index in [2.05, 4.69) is 17.7 Å². The minimum atomic E-state index is -4.44. The van der Waals surface area contributed by atoms with Crippen LogP contribution < -0.4 is 4.90 Å². The van der Waals surface area contributed by atoms with E-state index in [0.29, 0.717) is 5.56 Å². The second kappa shape index (κ2) is 6.89. The molecule has 1 fully saturated rings. The lowest BCUT2D eigenvalue weighted by Gasteiger charge is -2.34. The van der Waals surface area contributed by atoms with Gasteiger partial charge >= 0.3 is 6.18 Å². The molecule has 1 saturated heterocycles. The average molecular weight is 295 g/mol. The molecule has 114 valence electrons. The third kappa shape index (κ3) is 4.70. The van der Waals surface area contributed by atoms with Gasteiger partial charge in [-0.25, -0.2) is 0 Å². The summed E-state index contributed by atoms with van der Waals surface area (Å²) in [6, 6.07) is 7.10. The lowest BCUT2D eigenvalue weighted by molar-refractivity contribution is -0.0696. The van der Waals surface area contributed by atoms with E-state index in [4.69, 9.17) is 0 Å². The van der Waals surface area contributed by atoms with Gasteiger partial charge in [0.15, 0.2) is 0 Å². The molecule has 0 aliphatic carbocycles. The summed E-state index contributed by atoms with van der Waals surface area (Å²) in [6.07, 6.45) is 0.201. The highest BCUT2D eigenvalue weighted by atomic mass is 19.4. The van der Waals surface area contributed by atoms with Crippen molar-refractivity contribution >= 4 is 5.69 Å². The molecule has 0 radical (unpaired) electrons. The van der Waals surface area contributed by atoms with Crippen LogP contribution in [0.1, 0.15) is 38.2 Å². The van der Waals surface area contributed by atoms with E-state index in [1.54, 1.807) is 12.1 Å². The Morgan fingerprint density at radius 1 is 1.19 bits per heavy atom. The summed E-state index contributed by atoms with van der Waals surface area (Å²) in [5.41, 5.74) is 1.29. The molecule has 2 rings (SSSR count). The molecular formula is C17H20F3N. The number of piperidine rings is 1. The quantitative estimate of drug-likeness (QED) is 0.736. The van der Waals surface area contributed by atoms with E-state index in [9.17, 15) is 13.2 Å². The molecule has 0 bridgehead atoms. The van der Waals surface area contributed by atoms with Gasteiger partial charge in [-0.2, -0.15) is 13.2 Å². The van der Waals surface area contributed by atoms with Crippen LogP contribution in [0.25, 0.3) is 0 Å². The van der Waals surface area contributed by atoms with Crippen LogP contribution in [-0.2, 0) is 0 Å². The summed E-state index contributed by atoms with van der Waals surface area (Å²) in [4.78, 5) is 2.16. The highest BCUT2D eigenvalue weighted by Crippen LogP contribution is 2.28. The Morgan fingerprint density at radius 3 is 2.48 bits per heavy atom. The van der Waals surface area contributed by atoms with E-state index in [1.165, 1.54) is 18.8 Å². The smallest absolute Gasteiger partial charge is 0.371 e. The van der Waals surface area contributed by atoms with Gasteiger partial charge in [0.05, 0.1) is 5.69 Å². The van der Waals surface area contributed by atoms with Gasteiger partial charge in [0.2, 0.25) is 0 Å². The highest BCUT2D eigenvalue weighted by Gasteiger charge is 2.24. The van der Waals surface area contributed by atoms with Gasteiger partial charge in [-0.1, -0.05) is 37.8 Å². The SMILES string of the molecule is CCCC1CCN(c2ccccc2C#CC(F)(F)F)CC1. The number of halogens is 3. The van der Waals surface area contributed by atoms with Gasteiger partial charge in [-0.15, -0.1) is 0 Å². The molecule has 0 N–H and O–H groups in total. The van der Waals surface area contributed by atoms with Gasteiger partial charge in [0.1, 0.15) is 0 Å². The summed E-state index contributed by atoms with van der Waals surface area (Å²) in [5.74, 6) is 4.39. The summed E-state index contributed by atoms with van der Waals surface area (Å²) in [6.45, 7) is 3.99. The van der Waals surface area contributed by atoms with Crippen LogP contribution in [0.15, 0.2) is 24.3 Å². The molecule has 0 unspecified atom stereocenters. The minimum Gasteiger partial charge on any atom is -0.371 e. The van der Waals surface area contributed by atoms with E-state index >= 15 is 0 Å². The molecule has 1 aromatic rings. The van der Waals surface area contributed by atoms with Crippen molar-refractivity contribution in [2.24, 2.45) is 5.92 Å². The number of anilines is 1. The summed E-state index contributed by atoms with van der Waals surface area (Å²) >= 11 is 0. The van der Waals surface area contributed by atoms with Crippen molar-refractivity contribution in [1.29, 1.82) is 0 Å². The zero-order valence-corrected chi connectivity index (χ0v) is 12.2. The van der Waals surface area contributed by atoms with Crippen LogP contribution >= 0.6 is 0 Å².